The summed E-state index contributed by atoms with van der Waals surface area (Å²) in [7, 11) is 1.68. The second-order valence-electron chi connectivity index (χ2n) is 1.61. The first-order valence-corrected chi connectivity index (χ1v) is 2.98. The number of hydrogen-bond donors (Lipinski definition) is 0. The molecule has 0 radical (unpaired) electrons. The molecule has 0 atom stereocenters. The molecular weight excluding hydrogens is 248 g/mol. The van der Waals surface area contributed by atoms with Crippen LogP contribution in [0.3, 0.4) is 0 Å². The Morgan fingerprint density at radius 2 is 1.78 bits per heavy atom. The fourth-order valence-corrected chi connectivity index (χ4v) is 0.389. The molecule has 9 heavy (non-hydrogen) atoms. The largest absolute Gasteiger partial charge is 0.382 e. The molecule has 0 aliphatic heterocycles. The average molecular weight is 262 g/mol. The van der Waals surface area contributed by atoms with Gasteiger partial charge in [0.1, 0.15) is 0 Å². The van der Waals surface area contributed by atoms with E-state index < -0.39 is 0 Å². The van der Waals surface area contributed by atoms with E-state index in [0.717, 1.165) is 19.6 Å². The number of hydrogen-bond acceptors (Lipinski definition) is 2. The summed E-state index contributed by atoms with van der Waals surface area (Å²) >= 11 is 0. The zero-order chi connectivity index (χ0) is 6.24. The summed E-state index contributed by atoms with van der Waals surface area (Å²) in [5.74, 6) is 0. The topological polar surface area (TPSA) is 18.5 Å². The van der Waals surface area contributed by atoms with Crippen LogP contribution in [0, 0.1) is 40.8 Å². The summed E-state index contributed by atoms with van der Waals surface area (Å²) in [5, 5.41) is 0. The van der Waals surface area contributed by atoms with E-state index in [4.69, 9.17) is 9.47 Å². The monoisotopic (exact) mass is 260 g/mol. The minimum Gasteiger partial charge on any atom is -0.382 e. The van der Waals surface area contributed by atoms with Gasteiger partial charge < -0.3 is 9.47 Å². The van der Waals surface area contributed by atoms with Gasteiger partial charge in [0.2, 0.25) is 0 Å². The summed E-state index contributed by atoms with van der Waals surface area (Å²) in [6, 6.07) is 0. The maximum Gasteiger partial charge on any atom is 0.0700 e. The predicted octanol–water partition coefficient (Wildman–Crippen LogP) is 1.06. The Morgan fingerprint density at radius 1 is 1.11 bits per heavy atom. The van der Waals surface area contributed by atoms with E-state index in [2.05, 4.69) is 6.92 Å². The summed E-state index contributed by atoms with van der Waals surface area (Å²) in [6.07, 6.45) is 1.09. The molecule has 0 aliphatic carbocycles. The summed E-state index contributed by atoms with van der Waals surface area (Å²) in [4.78, 5) is 0. The van der Waals surface area contributed by atoms with E-state index >= 15 is 0 Å². The number of ether oxygens (including phenoxy) is 2. The van der Waals surface area contributed by atoms with Gasteiger partial charge >= 0.3 is 0 Å². The van der Waals surface area contributed by atoms with Crippen molar-refractivity contribution in [3.05, 3.63) is 0 Å². The molecule has 54 valence electrons. The summed E-state index contributed by atoms with van der Waals surface area (Å²) in [6.45, 7) is 4.38. The normalized spacial score (nSPS) is 8.67. The van der Waals surface area contributed by atoms with Crippen molar-refractivity contribution in [1.82, 2.24) is 0 Å². The zero-order valence-corrected chi connectivity index (χ0v) is 9.35. The maximum absolute atomic E-state index is 5.10. The fraction of sp³-hybridized carbons (Fsp3) is 1.00. The summed E-state index contributed by atoms with van der Waals surface area (Å²) in [5.41, 5.74) is 0. The van der Waals surface area contributed by atoms with Gasteiger partial charge in [-0.1, -0.05) is 6.92 Å². The van der Waals surface area contributed by atoms with E-state index in [1.54, 1.807) is 7.11 Å². The van der Waals surface area contributed by atoms with E-state index in [0.29, 0.717) is 6.61 Å². The van der Waals surface area contributed by atoms with Crippen LogP contribution in [-0.4, -0.2) is 26.9 Å². The number of methoxy groups -OCH3 is 1. The Morgan fingerprint density at radius 3 is 2.22 bits per heavy atom. The van der Waals surface area contributed by atoms with Gasteiger partial charge in [-0.05, 0) is 6.42 Å². The Bertz CT molecular complexity index is 36.0. The van der Waals surface area contributed by atoms with E-state index in [9.17, 15) is 0 Å². The second-order valence-corrected chi connectivity index (χ2v) is 1.61. The third-order valence-corrected chi connectivity index (χ3v) is 0.780. The van der Waals surface area contributed by atoms with Crippen LogP contribution >= 0.6 is 0 Å². The van der Waals surface area contributed by atoms with Crippen molar-refractivity contribution in [1.29, 1.82) is 0 Å². The maximum atomic E-state index is 5.10. The molecule has 0 bridgehead atoms. The molecule has 0 aromatic carbocycles. The van der Waals surface area contributed by atoms with Gasteiger partial charge in [-0.15, -0.1) is 0 Å². The predicted molar refractivity (Wildman–Crippen MR) is 33.0 cm³/mol. The van der Waals surface area contributed by atoms with Crippen molar-refractivity contribution in [3.8, 4) is 0 Å². The third kappa shape index (κ3) is 12.5. The van der Waals surface area contributed by atoms with E-state index in [1.807, 2.05) is 0 Å². The molecular formula is C6H14NdO2. The first-order chi connectivity index (χ1) is 3.91. The molecule has 3 heteroatoms. The van der Waals surface area contributed by atoms with Gasteiger partial charge in [-0.25, -0.2) is 0 Å². The Balaban J connectivity index is 0. The van der Waals surface area contributed by atoms with Crippen molar-refractivity contribution in [3.63, 3.8) is 0 Å². The first-order valence-electron chi connectivity index (χ1n) is 2.98. The molecule has 0 fully saturated rings. The van der Waals surface area contributed by atoms with Crippen LogP contribution < -0.4 is 0 Å². The Kier molecular flexibility index (Phi) is 17.2. The molecule has 0 aromatic heterocycles. The average Bonchev–Trinajstić information content (AvgIpc) is 1.81. The van der Waals surface area contributed by atoms with Crippen LogP contribution in [0.1, 0.15) is 13.3 Å². The van der Waals surface area contributed by atoms with Crippen molar-refractivity contribution < 1.29 is 50.3 Å². The van der Waals surface area contributed by atoms with Crippen molar-refractivity contribution in [2.45, 2.75) is 13.3 Å². The van der Waals surface area contributed by atoms with Crippen LogP contribution in [-0.2, 0) is 9.47 Å². The molecule has 2 nitrogen and oxygen atoms in total. The van der Waals surface area contributed by atoms with Gasteiger partial charge in [0, 0.05) is 54.6 Å². The van der Waals surface area contributed by atoms with Crippen LogP contribution in [0.25, 0.3) is 0 Å². The zero-order valence-electron chi connectivity index (χ0n) is 6.14. The Hall–Kier alpha value is 1.27. The molecule has 0 aromatic rings. The quantitative estimate of drug-likeness (QED) is 0.690. The van der Waals surface area contributed by atoms with E-state index in [1.165, 1.54) is 0 Å². The van der Waals surface area contributed by atoms with Crippen molar-refractivity contribution in [2.75, 3.05) is 26.9 Å². The van der Waals surface area contributed by atoms with Crippen LogP contribution in [0.4, 0.5) is 0 Å². The van der Waals surface area contributed by atoms with Crippen LogP contribution in [0.5, 0.6) is 0 Å². The van der Waals surface area contributed by atoms with Gasteiger partial charge in [0.15, 0.2) is 0 Å². The van der Waals surface area contributed by atoms with Crippen molar-refractivity contribution in [2.24, 2.45) is 0 Å². The van der Waals surface area contributed by atoms with Crippen LogP contribution in [0.15, 0.2) is 0 Å². The molecule has 0 rings (SSSR count). The first kappa shape index (κ1) is 12.9. The standard InChI is InChI=1S/C6H14O2.Nd/c1-3-4-8-6-5-7-2;/h3-6H2,1-2H3;. The SMILES string of the molecule is CCCOCCOC.[Nd]. The molecule has 0 heterocycles. The fourth-order valence-electron chi connectivity index (χ4n) is 0.389. The van der Waals surface area contributed by atoms with E-state index in [-0.39, 0.29) is 40.8 Å². The molecule has 0 saturated carbocycles. The van der Waals surface area contributed by atoms with Gasteiger partial charge in [-0.3, -0.25) is 0 Å². The molecule has 0 aliphatic rings. The smallest absolute Gasteiger partial charge is 0.0700 e. The van der Waals surface area contributed by atoms with Crippen molar-refractivity contribution >= 4 is 0 Å². The number of rotatable bonds is 5. The minimum atomic E-state index is 0. The van der Waals surface area contributed by atoms with Gasteiger partial charge in [0.05, 0.1) is 13.2 Å². The second kappa shape index (κ2) is 12.0. The molecule has 0 spiro atoms. The van der Waals surface area contributed by atoms with Gasteiger partial charge in [-0.2, -0.15) is 0 Å². The molecule has 0 saturated heterocycles. The van der Waals surface area contributed by atoms with Crippen LogP contribution in [0.2, 0.25) is 0 Å². The Labute approximate surface area is 89.8 Å². The summed E-state index contributed by atoms with van der Waals surface area (Å²) < 4.78 is 9.86. The van der Waals surface area contributed by atoms with Gasteiger partial charge in [0.25, 0.3) is 0 Å². The molecule has 0 amide bonds. The molecule has 0 unspecified atom stereocenters. The third-order valence-electron chi connectivity index (χ3n) is 0.780. The minimum absolute atomic E-state index is 0. The molecule has 0 N–H and O–H groups in total.